The molecule has 1 aromatic carbocycles. The second-order valence-corrected chi connectivity index (χ2v) is 6.25. The van der Waals surface area contributed by atoms with Gasteiger partial charge in [0.25, 0.3) is 0 Å². The Morgan fingerprint density at radius 2 is 1.96 bits per heavy atom. The molecule has 128 valence electrons. The van der Waals surface area contributed by atoms with Gasteiger partial charge in [-0.05, 0) is 36.8 Å². The molecule has 5 heteroatoms. The van der Waals surface area contributed by atoms with Crippen LogP contribution in [0.15, 0.2) is 42.6 Å². The molecule has 0 unspecified atom stereocenters. The highest BCUT2D eigenvalue weighted by Crippen LogP contribution is 2.27. The largest absolute Gasteiger partial charge is 0.504 e. The molecular weight excluding hydrogens is 302 g/mol. The monoisotopic (exact) mass is 327 g/mol. The molecule has 0 saturated carbocycles. The van der Waals surface area contributed by atoms with Crippen LogP contribution in [0.5, 0.6) is 11.5 Å². The third-order valence-electron chi connectivity index (χ3n) is 4.72. The summed E-state index contributed by atoms with van der Waals surface area (Å²) < 4.78 is 5.19. The average Bonchev–Trinajstić information content (AvgIpc) is 2.64. The number of phenols is 1. The number of methoxy groups -OCH3 is 1. The molecule has 0 aliphatic carbocycles. The molecule has 1 saturated heterocycles. The van der Waals surface area contributed by atoms with Crippen molar-refractivity contribution in [2.24, 2.45) is 0 Å². The van der Waals surface area contributed by atoms with Crippen LogP contribution < -0.4 is 4.74 Å². The number of rotatable bonds is 5. The van der Waals surface area contributed by atoms with Gasteiger partial charge in [-0.3, -0.25) is 14.8 Å². The fraction of sp³-hybridized carbons (Fsp3) is 0.421. The van der Waals surface area contributed by atoms with Crippen LogP contribution in [0.25, 0.3) is 0 Å². The third-order valence-corrected chi connectivity index (χ3v) is 4.72. The molecule has 2 aromatic rings. The Labute approximate surface area is 143 Å². The third kappa shape index (κ3) is 3.86. The molecule has 0 bridgehead atoms. The van der Waals surface area contributed by atoms with E-state index >= 15 is 0 Å². The standard InChI is InChI=1S/C19H25N3O2/c1-15(17-5-3-4-8-20-17)22-11-9-21(10-12-22)14-16-6-7-18(23)19(13-16)24-2/h3-8,13,15,23H,9-12,14H2,1-2H3/t15-/m1/s1. The maximum Gasteiger partial charge on any atom is 0.160 e. The van der Waals surface area contributed by atoms with E-state index in [1.165, 1.54) is 0 Å². The average molecular weight is 327 g/mol. The van der Waals surface area contributed by atoms with Crippen molar-refractivity contribution >= 4 is 0 Å². The lowest BCUT2D eigenvalue weighted by atomic mass is 10.1. The van der Waals surface area contributed by atoms with E-state index < -0.39 is 0 Å². The Morgan fingerprint density at radius 1 is 1.17 bits per heavy atom. The van der Waals surface area contributed by atoms with Crippen molar-refractivity contribution < 1.29 is 9.84 Å². The topological polar surface area (TPSA) is 48.8 Å². The maximum absolute atomic E-state index is 9.69. The lowest BCUT2D eigenvalue weighted by Crippen LogP contribution is -2.46. The van der Waals surface area contributed by atoms with E-state index in [0.29, 0.717) is 11.8 Å². The van der Waals surface area contributed by atoms with Crippen molar-refractivity contribution in [3.63, 3.8) is 0 Å². The summed E-state index contributed by atoms with van der Waals surface area (Å²) in [5.74, 6) is 0.727. The molecule has 1 N–H and O–H groups in total. The van der Waals surface area contributed by atoms with E-state index in [1.807, 2.05) is 30.5 Å². The number of aromatic nitrogens is 1. The smallest absolute Gasteiger partial charge is 0.160 e. The van der Waals surface area contributed by atoms with Crippen LogP contribution in [0.3, 0.4) is 0 Å². The van der Waals surface area contributed by atoms with Gasteiger partial charge in [-0.2, -0.15) is 0 Å². The molecule has 1 aromatic heterocycles. The summed E-state index contributed by atoms with van der Waals surface area (Å²) in [4.78, 5) is 9.40. The molecule has 0 radical (unpaired) electrons. The van der Waals surface area contributed by atoms with Crippen LogP contribution in [-0.4, -0.2) is 53.2 Å². The van der Waals surface area contributed by atoms with Crippen molar-refractivity contribution in [1.82, 2.24) is 14.8 Å². The van der Waals surface area contributed by atoms with Gasteiger partial charge in [-0.25, -0.2) is 0 Å². The van der Waals surface area contributed by atoms with Gasteiger partial charge in [0.05, 0.1) is 12.8 Å². The van der Waals surface area contributed by atoms with Crippen LogP contribution in [0, 0.1) is 0 Å². The van der Waals surface area contributed by atoms with Crippen LogP contribution in [-0.2, 0) is 6.54 Å². The van der Waals surface area contributed by atoms with E-state index in [2.05, 4.69) is 27.8 Å². The van der Waals surface area contributed by atoms with Gasteiger partial charge >= 0.3 is 0 Å². The predicted octanol–water partition coefficient (Wildman–Crippen LogP) is 2.67. The van der Waals surface area contributed by atoms with Gasteiger partial charge in [0.2, 0.25) is 0 Å². The first-order chi connectivity index (χ1) is 11.7. The molecule has 0 spiro atoms. The van der Waals surface area contributed by atoms with E-state index in [9.17, 15) is 5.11 Å². The van der Waals surface area contributed by atoms with Gasteiger partial charge < -0.3 is 9.84 Å². The second-order valence-electron chi connectivity index (χ2n) is 6.25. The molecule has 24 heavy (non-hydrogen) atoms. The van der Waals surface area contributed by atoms with E-state index in [-0.39, 0.29) is 5.75 Å². The number of hydrogen-bond acceptors (Lipinski definition) is 5. The summed E-state index contributed by atoms with van der Waals surface area (Å²) in [7, 11) is 1.58. The Kier molecular flexibility index (Phi) is 5.33. The quantitative estimate of drug-likeness (QED) is 0.915. The lowest BCUT2D eigenvalue weighted by Gasteiger charge is -2.37. The predicted molar refractivity (Wildman–Crippen MR) is 94.2 cm³/mol. The fourth-order valence-corrected chi connectivity index (χ4v) is 3.20. The first-order valence-electron chi connectivity index (χ1n) is 8.40. The van der Waals surface area contributed by atoms with Gasteiger partial charge in [0.15, 0.2) is 11.5 Å². The number of phenolic OH excluding ortho intramolecular Hbond substituents is 1. The Hall–Kier alpha value is -2.11. The maximum atomic E-state index is 9.69. The summed E-state index contributed by atoms with van der Waals surface area (Å²) in [6.07, 6.45) is 1.86. The number of nitrogens with zero attached hydrogens (tertiary/aromatic N) is 3. The number of hydrogen-bond donors (Lipinski definition) is 1. The normalized spacial score (nSPS) is 17.6. The summed E-state index contributed by atoms with van der Waals surface area (Å²) >= 11 is 0. The van der Waals surface area contributed by atoms with E-state index in [0.717, 1.165) is 44.0 Å². The van der Waals surface area contributed by atoms with Crippen molar-refractivity contribution in [1.29, 1.82) is 0 Å². The number of ether oxygens (including phenoxy) is 1. The fourth-order valence-electron chi connectivity index (χ4n) is 3.20. The number of pyridine rings is 1. The summed E-state index contributed by atoms with van der Waals surface area (Å²) in [6.45, 7) is 7.23. The first-order valence-corrected chi connectivity index (χ1v) is 8.40. The minimum atomic E-state index is 0.190. The van der Waals surface area contributed by atoms with E-state index in [4.69, 9.17) is 4.74 Å². The van der Waals surface area contributed by atoms with Crippen LogP contribution in [0.2, 0.25) is 0 Å². The highest BCUT2D eigenvalue weighted by Gasteiger charge is 2.22. The molecule has 0 amide bonds. The number of aromatic hydroxyl groups is 1. The van der Waals surface area contributed by atoms with Crippen molar-refractivity contribution in [2.45, 2.75) is 19.5 Å². The lowest BCUT2D eigenvalue weighted by molar-refractivity contribution is 0.0963. The van der Waals surface area contributed by atoms with Crippen molar-refractivity contribution in [3.05, 3.63) is 53.9 Å². The summed E-state index contributed by atoms with van der Waals surface area (Å²) in [6, 6.07) is 12.0. The minimum Gasteiger partial charge on any atom is -0.504 e. The van der Waals surface area contributed by atoms with Gasteiger partial charge in [-0.1, -0.05) is 12.1 Å². The highest BCUT2D eigenvalue weighted by atomic mass is 16.5. The SMILES string of the molecule is COc1cc(CN2CCN([C@H](C)c3ccccn3)CC2)ccc1O. The minimum absolute atomic E-state index is 0.190. The summed E-state index contributed by atoms with van der Waals surface area (Å²) in [5, 5.41) is 9.69. The van der Waals surface area contributed by atoms with Crippen molar-refractivity contribution in [2.75, 3.05) is 33.3 Å². The molecule has 1 fully saturated rings. The number of benzene rings is 1. The highest BCUT2D eigenvalue weighted by molar-refractivity contribution is 5.41. The Morgan fingerprint density at radius 3 is 2.62 bits per heavy atom. The Bertz CT molecular complexity index is 655. The zero-order chi connectivity index (χ0) is 16.9. The molecule has 1 aliphatic rings. The first kappa shape index (κ1) is 16.7. The van der Waals surface area contributed by atoms with Crippen LogP contribution in [0.1, 0.15) is 24.2 Å². The van der Waals surface area contributed by atoms with E-state index in [1.54, 1.807) is 13.2 Å². The summed E-state index contributed by atoms with van der Waals surface area (Å²) in [5.41, 5.74) is 2.30. The van der Waals surface area contributed by atoms with Gasteiger partial charge in [-0.15, -0.1) is 0 Å². The molecule has 2 heterocycles. The molecular formula is C19H25N3O2. The molecule has 3 rings (SSSR count). The van der Waals surface area contributed by atoms with Gasteiger partial charge in [0, 0.05) is 45.0 Å². The number of piperazine rings is 1. The zero-order valence-corrected chi connectivity index (χ0v) is 14.4. The Balaban J connectivity index is 1.55. The second kappa shape index (κ2) is 7.64. The van der Waals surface area contributed by atoms with Crippen molar-refractivity contribution in [3.8, 4) is 11.5 Å². The van der Waals surface area contributed by atoms with Crippen LogP contribution >= 0.6 is 0 Å². The molecule has 5 nitrogen and oxygen atoms in total. The zero-order valence-electron chi connectivity index (χ0n) is 14.4. The van der Waals surface area contributed by atoms with Gasteiger partial charge in [0.1, 0.15) is 0 Å². The molecule has 1 atom stereocenters. The molecule has 1 aliphatic heterocycles. The van der Waals surface area contributed by atoms with Crippen LogP contribution in [0.4, 0.5) is 0 Å².